The van der Waals surface area contributed by atoms with Gasteiger partial charge in [0.25, 0.3) is 0 Å². The summed E-state index contributed by atoms with van der Waals surface area (Å²) in [5.74, 6) is 2.56. The molecule has 4 nitrogen and oxygen atoms in total. The number of halogens is 2. The lowest BCUT2D eigenvalue weighted by atomic mass is 9.88. The van der Waals surface area contributed by atoms with Gasteiger partial charge in [-0.25, -0.2) is 4.98 Å². The summed E-state index contributed by atoms with van der Waals surface area (Å²) in [6.07, 6.45) is 7.71. The number of hydrogen-bond donors (Lipinski definition) is 2. The summed E-state index contributed by atoms with van der Waals surface area (Å²) in [7, 11) is 0. The van der Waals surface area contributed by atoms with Gasteiger partial charge in [0, 0.05) is 18.7 Å². The standard InChI is InChI=1S/C26H28BrIN4/c1-18(19-12-13-19)16-24(28)31-25-23(27)17-30-26(32-25)29-15-14-22(20-8-4-2-5-9-20)21-10-6-3-7-11-21/h2-11,16-17,19,22,24H,12-15H2,1H3,(H2,29,30,31,32)/b18-16+. The Morgan fingerprint density at radius 2 is 1.72 bits per heavy atom. The second kappa shape index (κ2) is 11.3. The first-order valence-electron chi connectivity index (χ1n) is 11.1. The third kappa shape index (κ3) is 6.54. The Morgan fingerprint density at radius 1 is 1.09 bits per heavy atom. The van der Waals surface area contributed by atoms with Gasteiger partial charge < -0.3 is 10.6 Å². The zero-order valence-electron chi connectivity index (χ0n) is 18.1. The highest BCUT2D eigenvalue weighted by atomic mass is 127. The number of aromatic nitrogens is 2. The van der Waals surface area contributed by atoms with Crippen LogP contribution in [0.5, 0.6) is 0 Å². The van der Waals surface area contributed by atoms with Crippen molar-refractivity contribution in [2.45, 2.75) is 36.2 Å². The normalized spacial score (nSPS) is 14.9. The van der Waals surface area contributed by atoms with Gasteiger partial charge >= 0.3 is 0 Å². The molecule has 1 saturated carbocycles. The summed E-state index contributed by atoms with van der Waals surface area (Å²) in [5.41, 5.74) is 4.11. The molecule has 3 aromatic rings. The van der Waals surface area contributed by atoms with Gasteiger partial charge in [0.05, 0.1) is 8.52 Å². The van der Waals surface area contributed by atoms with Gasteiger partial charge in [0.2, 0.25) is 5.95 Å². The van der Waals surface area contributed by atoms with Crippen molar-refractivity contribution < 1.29 is 0 Å². The van der Waals surface area contributed by atoms with Gasteiger partial charge in [-0.2, -0.15) is 4.98 Å². The van der Waals surface area contributed by atoms with Crippen LogP contribution in [0.4, 0.5) is 11.8 Å². The van der Waals surface area contributed by atoms with Crippen LogP contribution in [0.1, 0.15) is 43.2 Å². The van der Waals surface area contributed by atoms with Crippen LogP contribution in [-0.4, -0.2) is 20.6 Å². The van der Waals surface area contributed by atoms with E-state index in [0.29, 0.717) is 11.9 Å². The Hall–Kier alpha value is -1.93. The number of nitrogens with one attached hydrogen (secondary N) is 2. The molecule has 1 fully saturated rings. The number of allylic oxidation sites excluding steroid dienone is 1. The van der Waals surface area contributed by atoms with Crippen LogP contribution in [0.25, 0.3) is 0 Å². The molecule has 166 valence electrons. The Balaban J connectivity index is 1.40. The van der Waals surface area contributed by atoms with E-state index in [-0.39, 0.29) is 4.05 Å². The van der Waals surface area contributed by atoms with E-state index in [0.717, 1.165) is 29.2 Å². The number of alkyl halides is 1. The molecule has 1 heterocycles. The van der Waals surface area contributed by atoms with Gasteiger partial charge in [-0.3, -0.25) is 0 Å². The number of anilines is 2. The quantitative estimate of drug-likeness (QED) is 0.110. The van der Waals surface area contributed by atoms with Crippen LogP contribution >= 0.6 is 38.5 Å². The van der Waals surface area contributed by atoms with E-state index >= 15 is 0 Å². The average Bonchev–Trinajstić information content (AvgIpc) is 3.66. The molecule has 1 unspecified atom stereocenters. The van der Waals surface area contributed by atoms with Gasteiger partial charge in [-0.15, -0.1) is 0 Å². The van der Waals surface area contributed by atoms with Crippen molar-refractivity contribution in [3.05, 3.63) is 94.1 Å². The highest BCUT2D eigenvalue weighted by Crippen LogP contribution is 2.36. The molecule has 1 aromatic heterocycles. The molecule has 2 aromatic carbocycles. The predicted molar refractivity (Wildman–Crippen MR) is 145 cm³/mol. The van der Waals surface area contributed by atoms with Crippen LogP contribution in [-0.2, 0) is 0 Å². The molecule has 4 rings (SSSR count). The fourth-order valence-corrected chi connectivity index (χ4v) is 5.02. The lowest BCUT2D eigenvalue weighted by Gasteiger charge is -2.19. The summed E-state index contributed by atoms with van der Waals surface area (Å²) >= 11 is 5.99. The molecule has 6 heteroatoms. The van der Waals surface area contributed by atoms with Crippen molar-refractivity contribution in [3.8, 4) is 0 Å². The summed E-state index contributed by atoms with van der Waals surface area (Å²) in [4.78, 5) is 9.17. The minimum absolute atomic E-state index is 0.188. The van der Waals surface area contributed by atoms with Crippen molar-refractivity contribution in [1.29, 1.82) is 0 Å². The van der Waals surface area contributed by atoms with E-state index in [4.69, 9.17) is 4.98 Å². The molecule has 0 amide bonds. The van der Waals surface area contributed by atoms with Crippen LogP contribution in [0.15, 0.2) is 83.0 Å². The van der Waals surface area contributed by atoms with Crippen molar-refractivity contribution in [1.82, 2.24) is 9.97 Å². The highest BCUT2D eigenvalue weighted by molar-refractivity contribution is 14.1. The topological polar surface area (TPSA) is 49.8 Å². The average molecular weight is 603 g/mol. The summed E-state index contributed by atoms with van der Waals surface area (Å²) in [5, 5.41) is 6.91. The largest absolute Gasteiger partial charge is 0.354 e. The van der Waals surface area contributed by atoms with Crippen LogP contribution < -0.4 is 10.6 Å². The van der Waals surface area contributed by atoms with Gasteiger partial charge in [0.15, 0.2) is 0 Å². The summed E-state index contributed by atoms with van der Waals surface area (Å²) in [6.45, 7) is 3.01. The molecule has 0 spiro atoms. The first kappa shape index (κ1) is 23.2. The predicted octanol–water partition coefficient (Wildman–Crippen LogP) is 7.40. The zero-order chi connectivity index (χ0) is 22.3. The molecule has 0 radical (unpaired) electrons. The van der Waals surface area contributed by atoms with Crippen LogP contribution in [0.3, 0.4) is 0 Å². The van der Waals surface area contributed by atoms with Crippen LogP contribution in [0.2, 0.25) is 0 Å². The third-order valence-electron chi connectivity index (χ3n) is 5.77. The molecule has 1 aliphatic carbocycles. The lowest BCUT2D eigenvalue weighted by molar-refractivity contribution is 0.741. The van der Waals surface area contributed by atoms with E-state index in [1.165, 1.54) is 29.5 Å². The molecule has 0 bridgehead atoms. The smallest absolute Gasteiger partial charge is 0.224 e. The number of benzene rings is 2. The molecule has 2 N–H and O–H groups in total. The third-order valence-corrected chi connectivity index (χ3v) is 7.02. The van der Waals surface area contributed by atoms with Crippen molar-refractivity contribution in [2.75, 3.05) is 17.2 Å². The second-order valence-electron chi connectivity index (χ2n) is 8.21. The van der Waals surface area contributed by atoms with Crippen LogP contribution in [0, 0.1) is 5.92 Å². The van der Waals surface area contributed by atoms with E-state index < -0.39 is 0 Å². The zero-order valence-corrected chi connectivity index (χ0v) is 21.9. The van der Waals surface area contributed by atoms with E-state index in [1.54, 1.807) is 0 Å². The lowest BCUT2D eigenvalue weighted by Crippen LogP contribution is -2.14. The second-order valence-corrected chi connectivity index (χ2v) is 10.4. The minimum Gasteiger partial charge on any atom is -0.354 e. The first-order chi connectivity index (χ1) is 15.6. The van der Waals surface area contributed by atoms with Crippen molar-refractivity contribution >= 4 is 50.3 Å². The SMILES string of the molecule is C/C(=C\C(I)Nc1nc(NCCC(c2ccccc2)c2ccccc2)ncc1Br)C1CC1. The molecule has 0 aliphatic heterocycles. The maximum absolute atomic E-state index is 4.71. The molecule has 1 aliphatic rings. The summed E-state index contributed by atoms with van der Waals surface area (Å²) < 4.78 is 1.06. The molecular weight excluding hydrogens is 575 g/mol. The number of nitrogens with zero attached hydrogens (tertiary/aromatic N) is 2. The van der Waals surface area contributed by atoms with Crippen molar-refractivity contribution in [2.24, 2.45) is 5.92 Å². The Morgan fingerprint density at radius 3 is 2.31 bits per heavy atom. The Bertz CT molecular complexity index is 999. The summed E-state index contributed by atoms with van der Waals surface area (Å²) in [6, 6.07) is 21.4. The minimum atomic E-state index is 0.188. The van der Waals surface area contributed by atoms with Gasteiger partial charge in [0.1, 0.15) is 5.82 Å². The monoisotopic (exact) mass is 602 g/mol. The number of hydrogen-bond acceptors (Lipinski definition) is 4. The molecule has 0 saturated heterocycles. The van der Waals surface area contributed by atoms with Crippen molar-refractivity contribution in [3.63, 3.8) is 0 Å². The highest BCUT2D eigenvalue weighted by Gasteiger charge is 2.23. The Kier molecular flexibility index (Phi) is 8.19. The maximum Gasteiger partial charge on any atom is 0.224 e. The van der Waals surface area contributed by atoms with E-state index in [1.807, 2.05) is 6.20 Å². The fourth-order valence-electron chi connectivity index (χ4n) is 3.86. The molecular formula is C26H28BrIN4. The molecule has 32 heavy (non-hydrogen) atoms. The first-order valence-corrected chi connectivity index (χ1v) is 13.1. The molecule has 1 atom stereocenters. The van der Waals surface area contributed by atoms with E-state index in [2.05, 4.69) is 128 Å². The van der Waals surface area contributed by atoms with E-state index in [9.17, 15) is 0 Å². The van der Waals surface area contributed by atoms with Gasteiger partial charge in [-0.1, -0.05) is 94.9 Å². The maximum atomic E-state index is 4.71. The number of rotatable bonds is 10. The van der Waals surface area contributed by atoms with Gasteiger partial charge in [-0.05, 0) is 59.2 Å². The Labute approximate surface area is 212 Å². The fraction of sp³-hybridized carbons (Fsp3) is 0.308.